The van der Waals surface area contributed by atoms with Gasteiger partial charge in [0.15, 0.2) is 0 Å². The molecule has 0 amide bonds. The Kier molecular flexibility index (Phi) is 2.83. The van der Waals surface area contributed by atoms with Crippen LogP contribution in [0.15, 0.2) is 12.1 Å². The van der Waals surface area contributed by atoms with Crippen LogP contribution in [0.1, 0.15) is 47.6 Å². The number of aryl methyl sites for hydroxylation is 3. The lowest BCUT2D eigenvalue weighted by Gasteiger charge is -2.33. The van der Waals surface area contributed by atoms with E-state index in [1.807, 2.05) is 0 Å². The predicted octanol–water partition coefficient (Wildman–Crippen LogP) is 3.41. The molecule has 0 bridgehead atoms. The van der Waals surface area contributed by atoms with Crippen molar-refractivity contribution < 1.29 is 0 Å². The fourth-order valence-electron chi connectivity index (χ4n) is 2.75. The third kappa shape index (κ3) is 1.93. The van der Waals surface area contributed by atoms with Crippen molar-refractivity contribution in [3.8, 4) is 0 Å². The number of rotatable bonds is 2. The maximum atomic E-state index is 6.35. The summed E-state index contributed by atoms with van der Waals surface area (Å²) in [6, 6.07) is 4.76. The van der Waals surface area contributed by atoms with E-state index in [4.69, 9.17) is 5.73 Å². The van der Waals surface area contributed by atoms with Crippen molar-refractivity contribution in [3.05, 3.63) is 34.4 Å². The van der Waals surface area contributed by atoms with E-state index < -0.39 is 0 Å². The van der Waals surface area contributed by atoms with E-state index in [1.165, 1.54) is 41.5 Å². The van der Waals surface area contributed by atoms with Crippen LogP contribution in [0.2, 0.25) is 0 Å². The van der Waals surface area contributed by atoms with Gasteiger partial charge in [-0.3, -0.25) is 0 Å². The molecule has 0 saturated heterocycles. The lowest BCUT2D eigenvalue weighted by atomic mass is 9.75. The van der Waals surface area contributed by atoms with Gasteiger partial charge in [0.1, 0.15) is 0 Å². The van der Waals surface area contributed by atoms with Crippen LogP contribution in [0.25, 0.3) is 0 Å². The average molecular weight is 203 g/mol. The molecule has 1 aromatic rings. The Morgan fingerprint density at radius 1 is 1.13 bits per heavy atom. The van der Waals surface area contributed by atoms with Gasteiger partial charge < -0.3 is 5.73 Å². The molecule has 1 atom stereocenters. The van der Waals surface area contributed by atoms with Gasteiger partial charge in [-0.05, 0) is 56.2 Å². The van der Waals surface area contributed by atoms with Crippen LogP contribution < -0.4 is 5.73 Å². The largest absolute Gasteiger partial charge is 0.324 e. The predicted molar refractivity (Wildman–Crippen MR) is 64.9 cm³/mol. The molecule has 0 heterocycles. The number of hydrogen-bond acceptors (Lipinski definition) is 1. The maximum Gasteiger partial charge on any atom is 0.0328 e. The fourth-order valence-corrected chi connectivity index (χ4v) is 2.75. The van der Waals surface area contributed by atoms with E-state index in [1.54, 1.807) is 0 Å². The van der Waals surface area contributed by atoms with E-state index in [0.717, 1.165) is 5.92 Å². The van der Waals surface area contributed by atoms with Gasteiger partial charge in [0.25, 0.3) is 0 Å². The fraction of sp³-hybridized carbons (Fsp3) is 0.571. The Balaban J connectivity index is 2.33. The highest BCUT2D eigenvalue weighted by Gasteiger charge is 2.27. The van der Waals surface area contributed by atoms with Gasteiger partial charge in [-0.2, -0.15) is 0 Å². The molecular weight excluding hydrogens is 182 g/mol. The summed E-state index contributed by atoms with van der Waals surface area (Å²) >= 11 is 0. The van der Waals surface area contributed by atoms with Crippen molar-refractivity contribution in [2.75, 3.05) is 0 Å². The van der Waals surface area contributed by atoms with Crippen LogP contribution in [-0.2, 0) is 0 Å². The first kappa shape index (κ1) is 10.7. The third-order valence-corrected chi connectivity index (χ3v) is 3.73. The van der Waals surface area contributed by atoms with E-state index in [2.05, 4.69) is 32.9 Å². The van der Waals surface area contributed by atoms with Crippen LogP contribution in [0.3, 0.4) is 0 Å². The number of benzene rings is 1. The summed E-state index contributed by atoms with van der Waals surface area (Å²) in [7, 11) is 0. The van der Waals surface area contributed by atoms with Crippen LogP contribution in [0, 0.1) is 26.7 Å². The number of nitrogens with two attached hydrogens (primary N) is 1. The van der Waals surface area contributed by atoms with Crippen molar-refractivity contribution in [2.24, 2.45) is 11.7 Å². The molecule has 1 nitrogen and oxygen atoms in total. The van der Waals surface area contributed by atoms with Gasteiger partial charge in [-0.1, -0.05) is 24.1 Å². The Morgan fingerprint density at radius 3 is 2.07 bits per heavy atom. The summed E-state index contributed by atoms with van der Waals surface area (Å²) in [6.45, 7) is 6.53. The zero-order valence-corrected chi connectivity index (χ0v) is 10.0. The van der Waals surface area contributed by atoms with Gasteiger partial charge in [-0.15, -0.1) is 0 Å². The standard InChI is InChI=1S/C14H21N/c1-9-7-10(2)13(11(3)8-9)14(15)12-5-4-6-12/h7-8,12,14H,4-6,15H2,1-3H3. The Labute approximate surface area is 92.7 Å². The Bertz CT molecular complexity index is 341. The first-order valence-electron chi connectivity index (χ1n) is 5.93. The normalized spacial score (nSPS) is 18.7. The third-order valence-electron chi connectivity index (χ3n) is 3.73. The first-order valence-corrected chi connectivity index (χ1v) is 5.93. The van der Waals surface area contributed by atoms with Crippen molar-refractivity contribution in [3.63, 3.8) is 0 Å². The van der Waals surface area contributed by atoms with Gasteiger partial charge in [0.05, 0.1) is 0 Å². The molecule has 15 heavy (non-hydrogen) atoms. The van der Waals surface area contributed by atoms with Gasteiger partial charge in [0.2, 0.25) is 0 Å². The molecule has 2 N–H and O–H groups in total. The lowest BCUT2D eigenvalue weighted by molar-refractivity contribution is 0.263. The zero-order chi connectivity index (χ0) is 11.0. The summed E-state index contributed by atoms with van der Waals surface area (Å²) in [5, 5.41) is 0. The Hall–Kier alpha value is -0.820. The molecule has 1 fully saturated rings. The molecule has 1 aliphatic rings. The zero-order valence-electron chi connectivity index (χ0n) is 10.0. The quantitative estimate of drug-likeness (QED) is 0.783. The topological polar surface area (TPSA) is 26.0 Å². The maximum absolute atomic E-state index is 6.35. The van der Waals surface area contributed by atoms with Crippen molar-refractivity contribution in [2.45, 2.75) is 46.1 Å². The van der Waals surface area contributed by atoms with E-state index in [0.29, 0.717) is 0 Å². The van der Waals surface area contributed by atoms with Gasteiger partial charge in [-0.25, -0.2) is 0 Å². The second-order valence-electron chi connectivity index (χ2n) is 5.03. The minimum absolute atomic E-state index is 0.263. The summed E-state index contributed by atoms with van der Waals surface area (Å²) in [4.78, 5) is 0. The molecule has 1 aliphatic carbocycles. The van der Waals surface area contributed by atoms with Crippen LogP contribution >= 0.6 is 0 Å². The molecular formula is C14H21N. The summed E-state index contributed by atoms with van der Waals surface area (Å²) < 4.78 is 0. The number of hydrogen-bond donors (Lipinski definition) is 1. The van der Waals surface area contributed by atoms with E-state index in [9.17, 15) is 0 Å². The van der Waals surface area contributed by atoms with Crippen molar-refractivity contribution in [1.29, 1.82) is 0 Å². The van der Waals surface area contributed by atoms with E-state index in [-0.39, 0.29) is 6.04 Å². The summed E-state index contributed by atoms with van der Waals surface area (Å²) in [6.07, 6.45) is 3.99. The van der Waals surface area contributed by atoms with Crippen molar-refractivity contribution in [1.82, 2.24) is 0 Å². The molecule has 1 heteroatoms. The molecule has 0 radical (unpaired) electrons. The molecule has 0 aromatic heterocycles. The average Bonchev–Trinajstić information content (AvgIpc) is 1.97. The van der Waals surface area contributed by atoms with E-state index >= 15 is 0 Å². The lowest BCUT2D eigenvalue weighted by Crippen LogP contribution is -2.28. The SMILES string of the molecule is Cc1cc(C)c(C(N)C2CCC2)c(C)c1. The van der Waals surface area contributed by atoms with Crippen LogP contribution in [0.4, 0.5) is 0 Å². The second-order valence-corrected chi connectivity index (χ2v) is 5.03. The summed E-state index contributed by atoms with van der Waals surface area (Å²) in [5.41, 5.74) is 11.8. The highest BCUT2D eigenvalue weighted by atomic mass is 14.7. The first-order chi connectivity index (χ1) is 7.09. The molecule has 0 spiro atoms. The van der Waals surface area contributed by atoms with Crippen LogP contribution in [0.5, 0.6) is 0 Å². The molecule has 1 aromatic carbocycles. The van der Waals surface area contributed by atoms with Crippen LogP contribution in [-0.4, -0.2) is 0 Å². The van der Waals surface area contributed by atoms with Gasteiger partial charge in [0, 0.05) is 6.04 Å². The van der Waals surface area contributed by atoms with Crippen molar-refractivity contribution >= 4 is 0 Å². The molecule has 1 unspecified atom stereocenters. The van der Waals surface area contributed by atoms with Gasteiger partial charge >= 0.3 is 0 Å². The minimum Gasteiger partial charge on any atom is -0.324 e. The highest BCUT2D eigenvalue weighted by molar-refractivity contribution is 5.40. The second kappa shape index (κ2) is 3.97. The molecule has 82 valence electrons. The molecule has 1 saturated carbocycles. The molecule has 0 aliphatic heterocycles. The minimum atomic E-state index is 0.263. The smallest absolute Gasteiger partial charge is 0.0328 e. The summed E-state index contributed by atoms with van der Waals surface area (Å²) in [5.74, 6) is 0.727. The monoisotopic (exact) mass is 203 g/mol. The highest BCUT2D eigenvalue weighted by Crippen LogP contribution is 2.38. The Morgan fingerprint density at radius 2 is 1.67 bits per heavy atom. The molecule has 2 rings (SSSR count).